The summed E-state index contributed by atoms with van der Waals surface area (Å²) in [6.07, 6.45) is 2.33. The third kappa shape index (κ3) is 2.47. The highest BCUT2D eigenvalue weighted by Crippen LogP contribution is 2.25. The molecule has 3 aromatic rings. The maximum absolute atomic E-state index is 10.5. The average molecular weight is 284 g/mol. The number of aliphatic hydroxyl groups is 1. The molecular weight excluding hydrogens is 264 g/mol. The fourth-order valence-corrected chi connectivity index (χ4v) is 2.85. The average Bonchev–Trinajstić information content (AvgIpc) is 3.10. The molecule has 1 aromatic carbocycles. The molecule has 0 saturated heterocycles. The number of benzene rings is 1. The van der Waals surface area contributed by atoms with Crippen LogP contribution in [0.15, 0.2) is 41.0 Å². The van der Waals surface area contributed by atoms with Crippen LogP contribution in [0.2, 0.25) is 0 Å². The Labute approximate surface area is 124 Å². The molecule has 0 aliphatic carbocycles. The molecule has 0 aliphatic heterocycles. The minimum atomic E-state index is -0.583. The number of aryl methyl sites for hydroxylation is 2. The molecule has 0 bridgehead atoms. The molecule has 1 unspecified atom stereocenters. The van der Waals surface area contributed by atoms with E-state index in [0.29, 0.717) is 6.42 Å². The van der Waals surface area contributed by atoms with Gasteiger partial charge in [0, 0.05) is 24.9 Å². The van der Waals surface area contributed by atoms with Gasteiger partial charge in [-0.25, -0.2) is 4.98 Å². The molecule has 2 aromatic heterocycles. The molecule has 2 heterocycles. The predicted octanol–water partition coefficient (Wildman–Crippen LogP) is 3.49. The van der Waals surface area contributed by atoms with Gasteiger partial charge in [-0.05, 0) is 25.1 Å². The lowest BCUT2D eigenvalue weighted by molar-refractivity contribution is 0.172. The van der Waals surface area contributed by atoms with E-state index in [0.717, 1.165) is 41.1 Å². The van der Waals surface area contributed by atoms with Crippen LogP contribution in [0.4, 0.5) is 0 Å². The Kier molecular flexibility index (Phi) is 3.80. The second kappa shape index (κ2) is 5.74. The molecule has 1 atom stereocenters. The first-order valence-electron chi connectivity index (χ1n) is 7.43. The van der Waals surface area contributed by atoms with Crippen LogP contribution in [0.5, 0.6) is 0 Å². The van der Waals surface area contributed by atoms with Crippen molar-refractivity contribution in [3.05, 3.63) is 53.7 Å². The van der Waals surface area contributed by atoms with Gasteiger partial charge < -0.3 is 14.1 Å². The Morgan fingerprint density at radius 2 is 2.05 bits per heavy atom. The normalized spacial score (nSPS) is 12.9. The van der Waals surface area contributed by atoms with Crippen LogP contribution in [0.1, 0.15) is 37.1 Å². The third-order valence-corrected chi connectivity index (χ3v) is 3.89. The van der Waals surface area contributed by atoms with Crippen molar-refractivity contribution in [3.63, 3.8) is 0 Å². The lowest BCUT2D eigenvalue weighted by Crippen LogP contribution is -2.09. The predicted molar refractivity (Wildman–Crippen MR) is 82.2 cm³/mol. The molecular formula is C17H20N2O2. The molecule has 0 fully saturated rings. The smallest absolute Gasteiger partial charge is 0.112 e. The quantitative estimate of drug-likeness (QED) is 0.780. The molecule has 4 heteroatoms. The van der Waals surface area contributed by atoms with Crippen molar-refractivity contribution in [2.24, 2.45) is 0 Å². The van der Waals surface area contributed by atoms with Crippen molar-refractivity contribution in [1.29, 1.82) is 0 Å². The fraction of sp³-hybridized carbons (Fsp3) is 0.353. The third-order valence-electron chi connectivity index (χ3n) is 3.89. The zero-order chi connectivity index (χ0) is 14.8. The Bertz CT molecular complexity index is 742. The standard InChI is InChI=1S/C17H20N2O2/c1-3-16-12(9-10-21-16)15(20)11-17-18-13-7-5-6-8-14(13)19(17)4-2/h5-10,15,20H,3-4,11H2,1-2H3. The Balaban J connectivity index is 1.94. The van der Waals surface area contributed by atoms with E-state index in [1.807, 2.05) is 31.2 Å². The van der Waals surface area contributed by atoms with E-state index in [2.05, 4.69) is 22.5 Å². The molecule has 110 valence electrons. The molecule has 0 spiro atoms. The van der Waals surface area contributed by atoms with Crippen molar-refractivity contribution in [3.8, 4) is 0 Å². The number of aliphatic hydroxyl groups excluding tert-OH is 1. The second-order valence-corrected chi connectivity index (χ2v) is 5.13. The molecule has 0 aliphatic rings. The Morgan fingerprint density at radius 3 is 2.81 bits per heavy atom. The van der Waals surface area contributed by atoms with E-state index in [4.69, 9.17) is 4.42 Å². The molecule has 1 N–H and O–H groups in total. The van der Waals surface area contributed by atoms with Crippen molar-refractivity contribution >= 4 is 11.0 Å². The van der Waals surface area contributed by atoms with Crippen LogP contribution in [-0.4, -0.2) is 14.7 Å². The number of furan rings is 1. The van der Waals surface area contributed by atoms with Gasteiger partial charge in [-0.2, -0.15) is 0 Å². The highest BCUT2D eigenvalue weighted by molar-refractivity contribution is 5.75. The summed E-state index contributed by atoms with van der Waals surface area (Å²) < 4.78 is 7.56. The molecule has 0 radical (unpaired) electrons. The number of hydrogen-bond acceptors (Lipinski definition) is 3. The molecule has 4 nitrogen and oxygen atoms in total. The number of rotatable bonds is 5. The summed E-state index contributed by atoms with van der Waals surface area (Å²) in [5, 5.41) is 10.5. The maximum Gasteiger partial charge on any atom is 0.112 e. The minimum Gasteiger partial charge on any atom is -0.469 e. The van der Waals surface area contributed by atoms with Gasteiger partial charge in [0.15, 0.2) is 0 Å². The fourth-order valence-electron chi connectivity index (χ4n) is 2.85. The highest BCUT2D eigenvalue weighted by Gasteiger charge is 2.18. The number of para-hydroxylation sites is 2. The highest BCUT2D eigenvalue weighted by atomic mass is 16.3. The summed E-state index contributed by atoms with van der Waals surface area (Å²) in [6, 6.07) is 9.93. The first-order chi connectivity index (χ1) is 10.2. The van der Waals surface area contributed by atoms with Crippen molar-refractivity contribution in [2.45, 2.75) is 39.3 Å². The van der Waals surface area contributed by atoms with Gasteiger partial charge in [0.1, 0.15) is 11.6 Å². The van der Waals surface area contributed by atoms with Gasteiger partial charge in [-0.15, -0.1) is 0 Å². The van der Waals surface area contributed by atoms with E-state index in [1.54, 1.807) is 6.26 Å². The summed E-state index contributed by atoms with van der Waals surface area (Å²) in [4.78, 5) is 4.66. The van der Waals surface area contributed by atoms with Crippen molar-refractivity contribution < 1.29 is 9.52 Å². The topological polar surface area (TPSA) is 51.2 Å². The number of nitrogens with zero attached hydrogens (tertiary/aromatic N) is 2. The zero-order valence-electron chi connectivity index (χ0n) is 12.4. The van der Waals surface area contributed by atoms with Crippen LogP contribution in [0.3, 0.4) is 0 Å². The Hall–Kier alpha value is -2.07. The lowest BCUT2D eigenvalue weighted by Gasteiger charge is -2.11. The van der Waals surface area contributed by atoms with Crippen LogP contribution in [0, 0.1) is 0 Å². The summed E-state index contributed by atoms with van der Waals surface area (Å²) in [6.45, 7) is 4.96. The first-order valence-corrected chi connectivity index (χ1v) is 7.43. The molecule has 0 saturated carbocycles. The minimum absolute atomic E-state index is 0.495. The van der Waals surface area contributed by atoms with Crippen molar-refractivity contribution in [2.75, 3.05) is 0 Å². The number of fused-ring (bicyclic) bond motifs is 1. The monoisotopic (exact) mass is 284 g/mol. The number of aromatic nitrogens is 2. The Morgan fingerprint density at radius 1 is 1.24 bits per heavy atom. The van der Waals surface area contributed by atoms with E-state index < -0.39 is 6.10 Å². The second-order valence-electron chi connectivity index (χ2n) is 5.13. The summed E-state index contributed by atoms with van der Waals surface area (Å²) >= 11 is 0. The zero-order valence-corrected chi connectivity index (χ0v) is 12.4. The largest absolute Gasteiger partial charge is 0.469 e. The molecule has 0 amide bonds. The summed E-state index contributed by atoms with van der Waals surface area (Å²) in [7, 11) is 0. The van der Waals surface area contributed by atoms with Gasteiger partial charge in [0.2, 0.25) is 0 Å². The lowest BCUT2D eigenvalue weighted by atomic mass is 10.1. The number of imidazole rings is 1. The van der Waals surface area contributed by atoms with E-state index in [-0.39, 0.29) is 0 Å². The van der Waals surface area contributed by atoms with Crippen LogP contribution in [0.25, 0.3) is 11.0 Å². The van der Waals surface area contributed by atoms with E-state index >= 15 is 0 Å². The summed E-state index contributed by atoms with van der Waals surface area (Å²) in [5.74, 6) is 1.76. The number of hydrogen-bond donors (Lipinski definition) is 1. The van der Waals surface area contributed by atoms with Crippen LogP contribution < -0.4 is 0 Å². The van der Waals surface area contributed by atoms with Gasteiger partial charge in [0.05, 0.1) is 23.4 Å². The van der Waals surface area contributed by atoms with Gasteiger partial charge in [0.25, 0.3) is 0 Å². The van der Waals surface area contributed by atoms with E-state index in [9.17, 15) is 5.11 Å². The van der Waals surface area contributed by atoms with E-state index in [1.165, 1.54) is 0 Å². The summed E-state index contributed by atoms with van der Waals surface area (Å²) in [5.41, 5.74) is 2.96. The SMILES string of the molecule is CCc1occc1C(O)Cc1nc2ccccc2n1CC. The van der Waals surface area contributed by atoms with Gasteiger partial charge in [-0.3, -0.25) is 0 Å². The molecule has 21 heavy (non-hydrogen) atoms. The maximum atomic E-state index is 10.5. The van der Waals surface area contributed by atoms with Gasteiger partial charge >= 0.3 is 0 Å². The van der Waals surface area contributed by atoms with Crippen molar-refractivity contribution in [1.82, 2.24) is 9.55 Å². The van der Waals surface area contributed by atoms with Crippen LogP contribution >= 0.6 is 0 Å². The molecule has 3 rings (SSSR count). The van der Waals surface area contributed by atoms with Crippen LogP contribution in [-0.2, 0) is 19.4 Å². The van der Waals surface area contributed by atoms with Gasteiger partial charge in [-0.1, -0.05) is 19.1 Å². The first kappa shape index (κ1) is 13.9.